The van der Waals surface area contributed by atoms with Gasteiger partial charge in [0, 0.05) is 36.0 Å². The molecule has 6 N–H and O–H groups in total. The molecule has 150 valence electrons. The Morgan fingerprint density at radius 1 is 1.24 bits per heavy atom. The van der Waals surface area contributed by atoms with Crippen LogP contribution in [0.2, 0.25) is 0 Å². The highest BCUT2D eigenvalue weighted by Gasteiger charge is 2.25. The lowest BCUT2D eigenvalue weighted by Gasteiger charge is -2.30. The lowest BCUT2D eigenvalue weighted by atomic mass is 10.0. The van der Waals surface area contributed by atoms with Crippen molar-refractivity contribution < 1.29 is 13.9 Å². The number of halogens is 1. The first-order valence-electron chi connectivity index (χ1n) is 9.24. The minimum absolute atomic E-state index is 0.00166. The Bertz CT molecular complexity index is 1060. The number of primary amides is 1. The van der Waals surface area contributed by atoms with Crippen molar-refractivity contribution in [1.29, 1.82) is 0 Å². The second kappa shape index (κ2) is 7.98. The predicted octanol–water partition coefficient (Wildman–Crippen LogP) is 2.14. The van der Waals surface area contributed by atoms with Gasteiger partial charge in [-0.05, 0) is 36.8 Å². The molecule has 1 aliphatic rings. The third-order valence-corrected chi connectivity index (χ3v) is 4.86. The van der Waals surface area contributed by atoms with E-state index in [0.717, 1.165) is 17.0 Å². The largest absolute Gasteiger partial charge is 0.380 e. The van der Waals surface area contributed by atoms with Gasteiger partial charge in [-0.25, -0.2) is 9.37 Å². The summed E-state index contributed by atoms with van der Waals surface area (Å²) in [7, 11) is 0. The minimum Gasteiger partial charge on any atom is -0.380 e. The normalized spacial score (nSPS) is 19.1. The van der Waals surface area contributed by atoms with Crippen LogP contribution < -0.4 is 22.1 Å². The summed E-state index contributed by atoms with van der Waals surface area (Å²) < 4.78 is 19.9. The SMILES string of the molecule is NC(=O)c1cc(F)c(N[C@@H]2CCOC[C@@H]2N)nc1Nc1cccc2ncccc12. The summed E-state index contributed by atoms with van der Waals surface area (Å²) in [5.74, 6) is -1.31. The van der Waals surface area contributed by atoms with E-state index in [1.165, 1.54) is 0 Å². The van der Waals surface area contributed by atoms with Gasteiger partial charge >= 0.3 is 0 Å². The zero-order valence-corrected chi connectivity index (χ0v) is 15.6. The van der Waals surface area contributed by atoms with Gasteiger partial charge in [0.25, 0.3) is 5.91 Å². The minimum atomic E-state index is -0.786. The number of fused-ring (bicyclic) bond motifs is 1. The van der Waals surface area contributed by atoms with Crippen LogP contribution in [0.4, 0.5) is 21.7 Å². The number of carbonyl (C=O) groups is 1. The molecule has 3 heterocycles. The van der Waals surface area contributed by atoms with Gasteiger partial charge in [0.2, 0.25) is 0 Å². The lowest BCUT2D eigenvalue weighted by Crippen LogP contribution is -2.47. The van der Waals surface area contributed by atoms with Crippen LogP contribution in [0, 0.1) is 5.82 Å². The molecular formula is C20H21FN6O2. The number of ether oxygens (including phenoxy) is 1. The third kappa shape index (κ3) is 3.96. The molecule has 3 aromatic rings. The Morgan fingerprint density at radius 2 is 2.10 bits per heavy atom. The van der Waals surface area contributed by atoms with Crippen LogP contribution in [0.5, 0.6) is 0 Å². The Labute approximate surface area is 166 Å². The Hall–Kier alpha value is -3.30. The number of anilines is 3. The topological polar surface area (TPSA) is 128 Å². The lowest BCUT2D eigenvalue weighted by molar-refractivity contribution is 0.0751. The van der Waals surface area contributed by atoms with Crippen molar-refractivity contribution in [2.45, 2.75) is 18.5 Å². The molecule has 29 heavy (non-hydrogen) atoms. The summed E-state index contributed by atoms with van der Waals surface area (Å²) in [6.07, 6.45) is 2.31. The number of pyridine rings is 2. The van der Waals surface area contributed by atoms with E-state index in [1.807, 2.05) is 24.3 Å². The molecule has 8 nitrogen and oxygen atoms in total. The van der Waals surface area contributed by atoms with E-state index >= 15 is 0 Å². The van der Waals surface area contributed by atoms with Crippen molar-refractivity contribution in [2.75, 3.05) is 23.8 Å². The Balaban J connectivity index is 1.72. The van der Waals surface area contributed by atoms with E-state index in [1.54, 1.807) is 12.3 Å². The highest BCUT2D eigenvalue weighted by molar-refractivity contribution is 6.00. The van der Waals surface area contributed by atoms with Crippen LogP contribution in [-0.4, -0.2) is 41.2 Å². The molecule has 4 rings (SSSR count). The van der Waals surface area contributed by atoms with Crippen LogP contribution in [0.15, 0.2) is 42.6 Å². The molecule has 0 saturated carbocycles. The Morgan fingerprint density at radius 3 is 2.90 bits per heavy atom. The van der Waals surface area contributed by atoms with Crippen molar-refractivity contribution in [2.24, 2.45) is 11.5 Å². The van der Waals surface area contributed by atoms with E-state index in [0.29, 0.717) is 25.3 Å². The predicted molar refractivity (Wildman–Crippen MR) is 109 cm³/mol. The number of nitrogens with zero attached hydrogens (tertiary/aromatic N) is 2. The van der Waals surface area contributed by atoms with E-state index < -0.39 is 11.7 Å². The maximum atomic E-state index is 14.6. The first-order chi connectivity index (χ1) is 14.0. The number of hydrogen-bond acceptors (Lipinski definition) is 7. The average molecular weight is 396 g/mol. The molecule has 9 heteroatoms. The van der Waals surface area contributed by atoms with Crippen LogP contribution in [-0.2, 0) is 4.74 Å². The van der Waals surface area contributed by atoms with Crippen LogP contribution in [0.25, 0.3) is 10.9 Å². The molecule has 0 spiro atoms. The molecular weight excluding hydrogens is 375 g/mol. The van der Waals surface area contributed by atoms with Gasteiger partial charge in [-0.15, -0.1) is 0 Å². The summed E-state index contributed by atoms with van der Waals surface area (Å²) in [5.41, 5.74) is 12.9. The van der Waals surface area contributed by atoms with Gasteiger partial charge in [-0.2, -0.15) is 0 Å². The Kier molecular flexibility index (Phi) is 5.24. The van der Waals surface area contributed by atoms with Crippen LogP contribution in [0.3, 0.4) is 0 Å². The van der Waals surface area contributed by atoms with Crippen molar-refractivity contribution in [3.8, 4) is 0 Å². The summed E-state index contributed by atoms with van der Waals surface area (Å²) in [4.78, 5) is 20.5. The fraction of sp³-hybridized carbons (Fsp3) is 0.250. The van der Waals surface area contributed by atoms with E-state index in [4.69, 9.17) is 16.2 Å². The molecule has 1 aromatic carbocycles. The number of nitrogens with one attached hydrogen (secondary N) is 2. The van der Waals surface area contributed by atoms with Gasteiger partial charge in [0.05, 0.1) is 17.7 Å². The number of carbonyl (C=O) groups excluding carboxylic acids is 1. The van der Waals surface area contributed by atoms with Gasteiger partial charge < -0.3 is 26.8 Å². The van der Waals surface area contributed by atoms with Crippen molar-refractivity contribution >= 4 is 34.1 Å². The van der Waals surface area contributed by atoms with Crippen molar-refractivity contribution in [1.82, 2.24) is 9.97 Å². The fourth-order valence-electron chi connectivity index (χ4n) is 3.33. The molecule has 1 fully saturated rings. The molecule has 1 saturated heterocycles. The second-order valence-electron chi connectivity index (χ2n) is 6.86. The zero-order chi connectivity index (χ0) is 20.4. The number of benzene rings is 1. The smallest absolute Gasteiger partial charge is 0.252 e. The number of nitrogens with two attached hydrogens (primary N) is 2. The monoisotopic (exact) mass is 396 g/mol. The summed E-state index contributed by atoms with van der Waals surface area (Å²) >= 11 is 0. The van der Waals surface area contributed by atoms with Crippen molar-refractivity contribution in [3.05, 3.63) is 54.0 Å². The summed E-state index contributed by atoms with van der Waals surface area (Å²) in [5, 5.41) is 6.96. The van der Waals surface area contributed by atoms with Crippen LogP contribution >= 0.6 is 0 Å². The molecule has 0 radical (unpaired) electrons. The van der Waals surface area contributed by atoms with Crippen molar-refractivity contribution in [3.63, 3.8) is 0 Å². The molecule has 2 aromatic heterocycles. The number of amides is 1. The molecule has 0 aliphatic carbocycles. The standard InChI is InChI=1S/C20H21FN6O2/c21-13-9-12(18(23)28)19(27-20(13)26-17-6-8-29-10-14(17)22)25-16-5-1-4-15-11(16)3-2-7-24-15/h1-5,7,9,14,17H,6,8,10,22H2,(H2,23,28)(H2,25,26,27)/t14-,17+/m0/s1. The number of aromatic nitrogens is 2. The highest BCUT2D eigenvalue weighted by Crippen LogP contribution is 2.28. The average Bonchev–Trinajstić information content (AvgIpc) is 2.72. The molecule has 2 atom stereocenters. The zero-order valence-electron chi connectivity index (χ0n) is 15.6. The van der Waals surface area contributed by atoms with E-state index in [-0.39, 0.29) is 29.3 Å². The number of rotatable bonds is 5. The van der Waals surface area contributed by atoms with Gasteiger partial charge in [-0.1, -0.05) is 6.07 Å². The maximum absolute atomic E-state index is 14.6. The molecule has 1 amide bonds. The summed E-state index contributed by atoms with van der Waals surface area (Å²) in [6, 6.07) is 9.80. The van der Waals surface area contributed by atoms with Gasteiger partial charge in [0.15, 0.2) is 11.6 Å². The number of hydrogen-bond donors (Lipinski definition) is 4. The van der Waals surface area contributed by atoms with Gasteiger partial charge in [-0.3, -0.25) is 9.78 Å². The highest BCUT2D eigenvalue weighted by atomic mass is 19.1. The first-order valence-corrected chi connectivity index (χ1v) is 9.24. The second-order valence-corrected chi connectivity index (χ2v) is 6.86. The van der Waals surface area contributed by atoms with Crippen LogP contribution in [0.1, 0.15) is 16.8 Å². The molecule has 1 aliphatic heterocycles. The van der Waals surface area contributed by atoms with E-state index in [9.17, 15) is 9.18 Å². The quantitative estimate of drug-likeness (QED) is 0.520. The third-order valence-electron chi connectivity index (χ3n) is 4.86. The molecule has 0 unspecified atom stereocenters. The molecule has 0 bridgehead atoms. The van der Waals surface area contributed by atoms with Gasteiger partial charge in [0.1, 0.15) is 5.82 Å². The summed E-state index contributed by atoms with van der Waals surface area (Å²) in [6.45, 7) is 0.910. The fourth-order valence-corrected chi connectivity index (χ4v) is 3.33. The van der Waals surface area contributed by atoms with E-state index in [2.05, 4.69) is 20.6 Å². The maximum Gasteiger partial charge on any atom is 0.252 e. The first kappa shape index (κ1) is 19.0.